The predicted molar refractivity (Wildman–Crippen MR) is 69.4 cm³/mol. The molecule has 0 radical (unpaired) electrons. The summed E-state index contributed by atoms with van der Waals surface area (Å²) in [4.78, 5) is 0. The summed E-state index contributed by atoms with van der Waals surface area (Å²) in [6, 6.07) is 0.623. The zero-order valence-electron chi connectivity index (χ0n) is 11.4. The monoisotopic (exact) mass is 227 g/mol. The molecule has 2 N–H and O–H groups in total. The molecule has 0 amide bonds. The van der Waals surface area contributed by atoms with Gasteiger partial charge in [0.05, 0.1) is 6.10 Å². The summed E-state index contributed by atoms with van der Waals surface area (Å²) in [7, 11) is 0. The van der Waals surface area contributed by atoms with Gasteiger partial charge >= 0.3 is 0 Å². The van der Waals surface area contributed by atoms with Crippen molar-refractivity contribution in [2.24, 2.45) is 17.8 Å². The number of aliphatic hydroxyl groups excluding tert-OH is 1. The summed E-state index contributed by atoms with van der Waals surface area (Å²) >= 11 is 0. The third-order valence-corrected chi connectivity index (χ3v) is 3.79. The van der Waals surface area contributed by atoms with Crippen LogP contribution in [0, 0.1) is 17.8 Å². The molecule has 0 bridgehead atoms. The summed E-state index contributed by atoms with van der Waals surface area (Å²) in [5, 5.41) is 13.4. The fourth-order valence-corrected chi connectivity index (χ4v) is 2.88. The Bertz CT molecular complexity index is 193. The van der Waals surface area contributed by atoms with E-state index in [4.69, 9.17) is 0 Å². The van der Waals surface area contributed by atoms with Crippen molar-refractivity contribution < 1.29 is 5.11 Å². The second-order valence-electron chi connectivity index (χ2n) is 6.19. The minimum Gasteiger partial charge on any atom is -0.392 e. The van der Waals surface area contributed by atoms with Gasteiger partial charge in [0.1, 0.15) is 0 Å². The fourth-order valence-electron chi connectivity index (χ4n) is 2.88. The van der Waals surface area contributed by atoms with Crippen molar-refractivity contribution in [2.75, 3.05) is 6.54 Å². The Hall–Kier alpha value is -0.0800. The Morgan fingerprint density at radius 1 is 1.25 bits per heavy atom. The third-order valence-electron chi connectivity index (χ3n) is 3.79. The molecule has 1 aliphatic rings. The maximum Gasteiger partial charge on any atom is 0.0667 e. The first-order valence-corrected chi connectivity index (χ1v) is 6.90. The van der Waals surface area contributed by atoms with Crippen LogP contribution in [0.4, 0.5) is 0 Å². The van der Waals surface area contributed by atoms with Crippen molar-refractivity contribution in [1.82, 2.24) is 5.32 Å². The van der Waals surface area contributed by atoms with Crippen molar-refractivity contribution in [3.05, 3.63) is 0 Å². The molecule has 1 saturated carbocycles. The first-order valence-electron chi connectivity index (χ1n) is 6.90. The molecule has 16 heavy (non-hydrogen) atoms. The molecule has 1 rings (SSSR count). The minimum absolute atomic E-state index is 0.174. The largest absolute Gasteiger partial charge is 0.392 e. The molecule has 96 valence electrons. The van der Waals surface area contributed by atoms with E-state index in [9.17, 15) is 5.11 Å². The SMILES string of the molecule is CC(C)CC(O)CNC1CCC(C)CC1C. The summed E-state index contributed by atoms with van der Waals surface area (Å²) in [5.41, 5.74) is 0. The lowest BCUT2D eigenvalue weighted by atomic mass is 9.80. The van der Waals surface area contributed by atoms with Crippen LogP contribution in [0.15, 0.2) is 0 Å². The summed E-state index contributed by atoms with van der Waals surface area (Å²) < 4.78 is 0. The normalized spacial score (nSPS) is 33.0. The smallest absolute Gasteiger partial charge is 0.0667 e. The Labute approximate surface area is 101 Å². The van der Waals surface area contributed by atoms with Crippen molar-refractivity contribution in [3.8, 4) is 0 Å². The van der Waals surface area contributed by atoms with Crippen LogP contribution < -0.4 is 5.32 Å². The standard InChI is InChI=1S/C14H29NO/c1-10(2)7-13(16)9-15-14-6-5-11(3)8-12(14)4/h10-16H,5-9H2,1-4H3. The van der Waals surface area contributed by atoms with Crippen LogP contribution in [0.3, 0.4) is 0 Å². The van der Waals surface area contributed by atoms with Crippen LogP contribution in [0.2, 0.25) is 0 Å². The molecule has 2 heteroatoms. The summed E-state index contributed by atoms with van der Waals surface area (Å²) in [6.07, 6.45) is 4.67. The maximum atomic E-state index is 9.83. The summed E-state index contributed by atoms with van der Waals surface area (Å²) in [6.45, 7) is 9.77. The molecule has 0 aromatic rings. The van der Waals surface area contributed by atoms with Gasteiger partial charge in [-0.1, -0.05) is 27.7 Å². The van der Waals surface area contributed by atoms with E-state index in [0.717, 1.165) is 24.8 Å². The van der Waals surface area contributed by atoms with Crippen LogP contribution in [0.25, 0.3) is 0 Å². The van der Waals surface area contributed by atoms with E-state index in [0.29, 0.717) is 12.0 Å². The van der Waals surface area contributed by atoms with Gasteiger partial charge in [-0.25, -0.2) is 0 Å². The zero-order valence-corrected chi connectivity index (χ0v) is 11.4. The summed E-state index contributed by atoms with van der Waals surface area (Å²) in [5.74, 6) is 2.23. The molecule has 0 heterocycles. The van der Waals surface area contributed by atoms with E-state index in [1.54, 1.807) is 0 Å². The first-order chi connectivity index (χ1) is 7.49. The fraction of sp³-hybridized carbons (Fsp3) is 1.00. The number of rotatable bonds is 5. The predicted octanol–water partition coefficient (Wildman–Crippen LogP) is 2.81. The average molecular weight is 227 g/mol. The van der Waals surface area contributed by atoms with Crippen LogP contribution in [-0.4, -0.2) is 23.8 Å². The molecule has 0 aliphatic heterocycles. The maximum absolute atomic E-state index is 9.83. The lowest BCUT2D eigenvalue weighted by molar-refractivity contribution is 0.129. The van der Waals surface area contributed by atoms with Gasteiger partial charge in [0, 0.05) is 12.6 Å². The molecular formula is C14H29NO. The first kappa shape index (κ1) is 14.0. The highest BCUT2D eigenvalue weighted by atomic mass is 16.3. The second-order valence-corrected chi connectivity index (χ2v) is 6.19. The average Bonchev–Trinajstić information content (AvgIpc) is 2.15. The molecule has 0 spiro atoms. The number of aliphatic hydroxyl groups is 1. The molecule has 0 saturated heterocycles. The van der Waals surface area contributed by atoms with Crippen molar-refractivity contribution in [2.45, 2.75) is 65.5 Å². The Kier molecular flexibility index (Phi) is 5.77. The van der Waals surface area contributed by atoms with Gasteiger partial charge in [0.25, 0.3) is 0 Å². The Balaban J connectivity index is 2.21. The van der Waals surface area contributed by atoms with Crippen molar-refractivity contribution in [3.63, 3.8) is 0 Å². The molecule has 4 unspecified atom stereocenters. The van der Waals surface area contributed by atoms with Gasteiger partial charge in [-0.15, -0.1) is 0 Å². The van der Waals surface area contributed by atoms with Crippen molar-refractivity contribution >= 4 is 0 Å². The molecule has 1 aliphatic carbocycles. The van der Waals surface area contributed by atoms with E-state index in [1.165, 1.54) is 19.3 Å². The van der Waals surface area contributed by atoms with Crippen molar-refractivity contribution in [1.29, 1.82) is 0 Å². The Morgan fingerprint density at radius 3 is 2.50 bits per heavy atom. The lowest BCUT2D eigenvalue weighted by Gasteiger charge is -2.34. The molecule has 0 aromatic carbocycles. The van der Waals surface area contributed by atoms with Gasteiger partial charge in [-0.3, -0.25) is 0 Å². The van der Waals surface area contributed by atoms with Crippen LogP contribution in [-0.2, 0) is 0 Å². The number of nitrogens with one attached hydrogen (secondary N) is 1. The highest BCUT2D eigenvalue weighted by Gasteiger charge is 2.25. The van der Waals surface area contributed by atoms with Crippen LogP contribution >= 0.6 is 0 Å². The quantitative estimate of drug-likeness (QED) is 0.757. The Morgan fingerprint density at radius 2 is 1.94 bits per heavy atom. The van der Waals surface area contributed by atoms with Gasteiger partial charge in [-0.05, 0) is 43.4 Å². The highest BCUT2D eigenvalue weighted by Crippen LogP contribution is 2.28. The highest BCUT2D eigenvalue weighted by molar-refractivity contribution is 4.81. The third kappa shape index (κ3) is 4.84. The van der Waals surface area contributed by atoms with E-state index < -0.39 is 0 Å². The van der Waals surface area contributed by atoms with Crippen LogP contribution in [0.5, 0.6) is 0 Å². The van der Waals surface area contributed by atoms with Gasteiger partial charge in [-0.2, -0.15) is 0 Å². The van der Waals surface area contributed by atoms with E-state index in [-0.39, 0.29) is 6.10 Å². The van der Waals surface area contributed by atoms with Gasteiger partial charge in [0.15, 0.2) is 0 Å². The number of hydrogen-bond acceptors (Lipinski definition) is 2. The van der Waals surface area contributed by atoms with E-state index in [1.807, 2.05) is 0 Å². The molecule has 0 aromatic heterocycles. The zero-order chi connectivity index (χ0) is 12.1. The molecule has 2 nitrogen and oxygen atoms in total. The topological polar surface area (TPSA) is 32.3 Å². The lowest BCUT2D eigenvalue weighted by Crippen LogP contribution is -2.42. The van der Waals surface area contributed by atoms with Gasteiger partial charge in [0.2, 0.25) is 0 Å². The molecular weight excluding hydrogens is 198 g/mol. The van der Waals surface area contributed by atoms with Gasteiger partial charge < -0.3 is 10.4 Å². The number of hydrogen-bond donors (Lipinski definition) is 2. The molecule has 1 fully saturated rings. The van der Waals surface area contributed by atoms with E-state index >= 15 is 0 Å². The minimum atomic E-state index is -0.174. The molecule has 4 atom stereocenters. The van der Waals surface area contributed by atoms with E-state index in [2.05, 4.69) is 33.0 Å². The second kappa shape index (κ2) is 6.61. The van der Waals surface area contributed by atoms with Crippen LogP contribution in [0.1, 0.15) is 53.4 Å².